The van der Waals surface area contributed by atoms with Gasteiger partial charge in [-0.25, -0.2) is 4.98 Å². The maximum Gasteiger partial charge on any atom is 0.253 e. The van der Waals surface area contributed by atoms with Crippen molar-refractivity contribution < 1.29 is 9.59 Å². The molecule has 0 aromatic carbocycles. The van der Waals surface area contributed by atoms with E-state index in [1.165, 1.54) is 12.4 Å². The highest BCUT2D eigenvalue weighted by Crippen LogP contribution is 2.25. The lowest BCUT2D eigenvalue weighted by Gasteiger charge is -2.28. The van der Waals surface area contributed by atoms with Gasteiger partial charge in [0.25, 0.3) is 5.91 Å². The van der Waals surface area contributed by atoms with Gasteiger partial charge in [-0.3, -0.25) is 9.59 Å². The van der Waals surface area contributed by atoms with Crippen LogP contribution < -0.4 is 10.6 Å². The number of imidazole rings is 1. The van der Waals surface area contributed by atoms with Crippen molar-refractivity contribution in [2.24, 2.45) is 11.8 Å². The minimum atomic E-state index is -0.138. The van der Waals surface area contributed by atoms with Crippen molar-refractivity contribution in [1.29, 1.82) is 0 Å². The highest BCUT2D eigenvalue weighted by molar-refractivity contribution is 5.93. The smallest absolute Gasteiger partial charge is 0.253 e. The third kappa shape index (κ3) is 5.37. The second-order valence-electron chi connectivity index (χ2n) is 7.80. The third-order valence-corrected chi connectivity index (χ3v) is 5.08. The van der Waals surface area contributed by atoms with Crippen LogP contribution in [0, 0.1) is 11.8 Å². The van der Waals surface area contributed by atoms with Gasteiger partial charge in [-0.05, 0) is 37.7 Å². The molecule has 2 aromatic heterocycles. The van der Waals surface area contributed by atoms with Crippen molar-refractivity contribution in [2.75, 3.05) is 0 Å². The van der Waals surface area contributed by atoms with Gasteiger partial charge in [-0.1, -0.05) is 13.8 Å². The molecule has 3 rings (SSSR count). The van der Waals surface area contributed by atoms with E-state index in [9.17, 15) is 9.59 Å². The summed E-state index contributed by atoms with van der Waals surface area (Å²) in [6.45, 7) is 5.70. The average molecular weight is 384 g/mol. The molecule has 1 saturated carbocycles. The van der Waals surface area contributed by atoms with Crippen molar-refractivity contribution >= 4 is 11.8 Å². The fourth-order valence-electron chi connectivity index (χ4n) is 3.57. The molecule has 0 radical (unpaired) electrons. The summed E-state index contributed by atoms with van der Waals surface area (Å²) >= 11 is 0. The molecule has 1 aliphatic rings. The SMILES string of the molecule is CC(C)Cn1cncc1CNC(=O)C1CCC(NC(=O)c2ccnnc2)CC1. The van der Waals surface area contributed by atoms with Gasteiger partial charge in [0, 0.05) is 24.7 Å². The number of carbonyl (C=O) groups excluding carboxylic acids is 2. The Morgan fingerprint density at radius 3 is 2.64 bits per heavy atom. The van der Waals surface area contributed by atoms with E-state index in [1.807, 2.05) is 12.5 Å². The number of hydrogen-bond acceptors (Lipinski definition) is 5. The Hall–Kier alpha value is -2.77. The molecule has 0 aliphatic heterocycles. The molecule has 0 atom stereocenters. The molecular weight excluding hydrogens is 356 g/mol. The van der Waals surface area contributed by atoms with E-state index in [-0.39, 0.29) is 23.8 Å². The number of hydrogen-bond donors (Lipinski definition) is 2. The summed E-state index contributed by atoms with van der Waals surface area (Å²) in [7, 11) is 0. The second kappa shape index (κ2) is 9.43. The van der Waals surface area contributed by atoms with E-state index < -0.39 is 0 Å². The van der Waals surface area contributed by atoms with E-state index in [0.717, 1.165) is 37.9 Å². The molecule has 2 aromatic rings. The van der Waals surface area contributed by atoms with E-state index in [2.05, 4.69) is 44.2 Å². The van der Waals surface area contributed by atoms with Crippen molar-refractivity contribution in [3.63, 3.8) is 0 Å². The van der Waals surface area contributed by atoms with Gasteiger partial charge in [0.2, 0.25) is 5.91 Å². The van der Waals surface area contributed by atoms with Gasteiger partial charge in [0.05, 0.1) is 36.5 Å². The molecule has 2 heterocycles. The lowest BCUT2D eigenvalue weighted by atomic mass is 9.85. The van der Waals surface area contributed by atoms with Gasteiger partial charge in [-0.15, -0.1) is 0 Å². The zero-order valence-electron chi connectivity index (χ0n) is 16.5. The first-order valence-electron chi connectivity index (χ1n) is 9.87. The summed E-state index contributed by atoms with van der Waals surface area (Å²) in [5, 5.41) is 13.5. The molecule has 28 heavy (non-hydrogen) atoms. The molecule has 8 nitrogen and oxygen atoms in total. The molecule has 150 valence electrons. The van der Waals surface area contributed by atoms with Crippen LogP contribution in [0.15, 0.2) is 31.0 Å². The fourth-order valence-corrected chi connectivity index (χ4v) is 3.57. The standard InChI is InChI=1S/C20H28N6O2/c1-14(2)12-26-13-21-10-18(26)11-22-19(27)15-3-5-17(6-4-15)25-20(28)16-7-8-23-24-9-16/h7-10,13-15,17H,3-6,11-12H2,1-2H3,(H,22,27)(H,25,28). The largest absolute Gasteiger partial charge is 0.350 e. The molecule has 8 heteroatoms. The molecule has 0 unspecified atom stereocenters. The third-order valence-electron chi connectivity index (χ3n) is 5.08. The molecule has 0 spiro atoms. The lowest BCUT2D eigenvalue weighted by molar-refractivity contribution is -0.126. The molecular formula is C20H28N6O2. The Kier molecular flexibility index (Phi) is 6.73. The number of rotatable bonds is 7. The molecule has 1 fully saturated rings. The number of nitrogens with one attached hydrogen (secondary N) is 2. The first-order chi connectivity index (χ1) is 13.5. The number of amides is 2. The molecule has 0 bridgehead atoms. The van der Waals surface area contributed by atoms with Crippen LogP contribution in [0.2, 0.25) is 0 Å². The van der Waals surface area contributed by atoms with Crippen LogP contribution in [0.25, 0.3) is 0 Å². The summed E-state index contributed by atoms with van der Waals surface area (Å²) in [6.07, 6.45) is 9.73. The van der Waals surface area contributed by atoms with Crippen molar-refractivity contribution in [2.45, 2.75) is 58.7 Å². The van der Waals surface area contributed by atoms with Crippen LogP contribution in [0.3, 0.4) is 0 Å². The summed E-state index contributed by atoms with van der Waals surface area (Å²) in [5.41, 5.74) is 1.53. The first-order valence-corrected chi connectivity index (χ1v) is 9.87. The topological polar surface area (TPSA) is 102 Å². The van der Waals surface area contributed by atoms with Gasteiger partial charge in [0.15, 0.2) is 0 Å². The van der Waals surface area contributed by atoms with E-state index in [1.54, 1.807) is 6.07 Å². The van der Waals surface area contributed by atoms with E-state index >= 15 is 0 Å². The Bertz CT molecular complexity index is 781. The quantitative estimate of drug-likeness (QED) is 0.759. The number of nitrogens with zero attached hydrogens (tertiary/aromatic N) is 4. The number of aromatic nitrogens is 4. The average Bonchev–Trinajstić information content (AvgIpc) is 3.13. The van der Waals surface area contributed by atoms with Gasteiger partial charge in [-0.2, -0.15) is 10.2 Å². The first kappa shape index (κ1) is 20.0. The summed E-state index contributed by atoms with van der Waals surface area (Å²) in [4.78, 5) is 28.9. The van der Waals surface area contributed by atoms with Gasteiger partial charge in [0.1, 0.15) is 0 Å². The summed E-state index contributed by atoms with van der Waals surface area (Å²) in [6, 6.07) is 1.74. The molecule has 2 N–H and O–H groups in total. The van der Waals surface area contributed by atoms with Crippen LogP contribution >= 0.6 is 0 Å². The fraction of sp³-hybridized carbons (Fsp3) is 0.550. The van der Waals surface area contributed by atoms with Crippen LogP contribution in [0.4, 0.5) is 0 Å². The Morgan fingerprint density at radius 2 is 1.96 bits per heavy atom. The second-order valence-corrected chi connectivity index (χ2v) is 7.80. The molecule has 0 saturated heterocycles. The van der Waals surface area contributed by atoms with Crippen molar-refractivity contribution in [3.8, 4) is 0 Å². The zero-order chi connectivity index (χ0) is 19.9. The minimum absolute atomic E-state index is 0.00258. The number of carbonyl (C=O) groups is 2. The minimum Gasteiger partial charge on any atom is -0.350 e. The molecule has 2 amide bonds. The van der Waals surface area contributed by atoms with E-state index in [0.29, 0.717) is 18.0 Å². The predicted molar refractivity (Wildman–Crippen MR) is 104 cm³/mol. The normalized spacial score (nSPS) is 19.4. The highest BCUT2D eigenvalue weighted by atomic mass is 16.2. The van der Waals surface area contributed by atoms with Crippen molar-refractivity contribution in [1.82, 2.24) is 30.4 Å². The molecule has 1 aliphatic carbocycles. The van der Waals surface area contributed by atoms with Crippen molar-refractivity contribution in [3.05, 3.63) is 42.2 Å². The Labute approximate surface area is 165 Å². The maximum atomic E-state index is 12.5. The van der Waals surface area contributed by atoms with Crippen LogP contribution in [-0.4, -0.2) is 37.6 Å². The Balaban J connectivity index is 1.43. The monoisotopic (exact) mass is 384 g/mol. The lowest BCUT2D eigenvalue weighted by Crippen LogP contribution is -2.41. The summed E-state index contributed by atoms with van der Waals surface area (Å²) < 4.78 is 2.09. The Morgan fingerprint density at radius 1 is 1.18 bits per heavy atom. The predicted octanol–water partition coefficient (Wildman–Crippen LogP) is 1.93. The van der Waals surface area contributed by atoms with Crippen LogP contribution in [-0.2, 0) is 17.9 Å². The van der Waals surface area contributed by atoms with Crippen LogP contribution in [0.5, 0.6) is 0 Å². The highest BCUT2D eigenvalue weighted by Gasteiger charge is 2.27. The van der Waals surface area contributed by atoms with Gasteiger partial charge >= 0.3 is 0 Å². The maximum absolute atomic E-state index is 12.5. The summed E-state index contributed by atoms with van der Waals surface area (Å²) in [5.74, 6) is 0.468. The zero-order valence-corrected chi connectivity index (χ0v) is 16.5. The van der Waals surface area contributed by atoms with E-state index in [4.69, 9.17) is 0 Å². The van der Waals surface area contributed by atoms with Crippen LogP contribution in [0.1, 0.15) is 55.6 Å². The van der Waals surface area contributed by atoms with Gasteiger partial charge < -0.3 is 15.2 Å².